The maximum absolute atomic E-state index is 14.4. The summed E-state index contributed by atoms with van der Waals surface area (Å²) in [6, 6.07) is 0. The summed E-state index contributed by atoms with van der Waals surface area (Å²) in [6.45, 7) is 1.37. The Hall–Kier alpha value is -2.03. The highest BCUT2D eigenvalue weighted by atomic mass is 35.5. The highest BCUT2D eigenvalue weighted by molar-refractivity contribution is 6.32. The molecule has 1 fully saturated rings. The van der Waals surface area contributed by atoms with E-state index in [1.807, 2.05) is 0 Å². The topological polar surface area (TPSA) is 142 Å². The van der Waals surface area contributed by atoms with E-state index in [0.29, 0.717) is 4.68 Å². The van der Waals surface area contributed by atoms with E-state index in [2.05, 4.69) is 16.3 Å². The van der Waals surface area contributed by atoms with Crippen molar-refractivity contribution in [2.24, 2.45) is 0 Å². The summed E-state index contributed by atoms with van der Waals surface area (Å²) in [6.07, 6.45) is -4.20. The Balaban J connectivity index is 2.28. The molecule has 26 heavy (non-hydrogen) atoms. The number of aliphatic hydroxyl groups excluding tert-OH is 2. The molecule has 0 amide bonds. The number of nitrogens with two attached hydrogens (primary N) is 2. The van der Waals surface area contributed by atoms with Crippen LogP contribution in [0.15, 0.2) is 11.0 Å². The molecule has 12 heteroatoms. The first-order valence-corrected chi connectivity index (χ1v) is 8.06. The molecule has 0 aliphatic carbocycles. The van der Waals surface area contributed by atoms with E-state index in [-0.39, 0.29) is 11.6 Å². The molecule has 0 radical (unpaired) electrons. The molecular formula is C14H14Cl2FN5O4. The van der Waals surface area contributed by atoms with Gasteiger partial charge in [0.25, 0.3) is 5.56 Å². The van der Waals surface area contributed by atoms with E-state index in [0.717, 1.165) is 10.8 Å². The zero-order valence-electron chi connectivity index (χ0n) is 13.2. The van der Waals surface area contributed by atoms with Gasteiger partial charge in [0.2, 0.25) is 5.95 Å². The number of nitrogens with zero attached hydrogens (tertiary/aromatic N) is 3. The Labute approximate surface area is 155 Å². The minimum atomic E-state index is -1.85. The molecule has 0 saturated carbocycles. The highest BCUT2D eigenvalue weighted by Crippen LogP contribution is 2.45. The van der Waals surface area contributed by atoms with Crippen LogP contribution in [0.3, 0.4) is 0 Å². The van der Waals surface area contributed by atoms with E-state index in [1.165, 1.54) is 6.92 Å². The van der Waals surface area contributed by atoms with E-state index in [1.54, 1.807) is 0 Å². The SMILES string of the molecule is C[C@@H](O)[C@H]1O[C@@H](n2cc(F)c3c(=O)n(N)c(N)nc32)[C@@](Cl)(C#CCl)C1O. The number of hydrogen-bond acceptors (Lipinski definition) is 7. The third-order valence-corrected chi connectivity index (χ3v) is 4.81. The van der Waals surface area contributed by atoms with Crippen LogP contribution in [0.1, 0.15) is 13.2 Å². The first kappa shape index (κ1) is 18.8. The molecule has 2 aromatic rings. The third kappa shape index (κ3) is 2.52. The van der Waals surface area contributed by atoms with Crippen molar-refractivity contribution in [1.82, 2.24) is 14.2 Å². The van der Waals surface area contributed by atoms with Crippen LogP contribution in [-0.2, 0) is 4.74 Å². The minimum absolute atomic E-state index is 0.212. The number of fused-ring (bicyclic) bond motifs is 1. The Bertz CT molecular complexity index is 997. The molecule has 9 nitrogen and oxygen atoms in total. The number of alkyl halides is 1. The Kier molecular flexibility index (Phi) is 4.54. The van der Waals surface area contributed by atoms with Crippen LogP contribution in [-0.4, -0.2) is 47.6 Å². The predicted molar refractivity (Wildman–Crippen MR) is 92.3 cm³/mol. The molecule has 2 aromatic heterocycles. The average Bonchev–Trinajstić information content (AvgIpc) is 3.01. The summed E-state index contributed by atoms with van der Waals surface area (Å²) in [4.78, 5) is 14.2. The molecule has 140 valence electrons. The van der Waals surface area contributed by atoms with Gasteiger partial charge in [0.15, 0.2) is 22.6 Å². The van der Waals surface area contributed by atoms with E-state index in [9.17, 15) is 19.4 Å². The lowest BCUT2D eigenvalue weighted by atomic mass is 9.97. The van der Waals surface area contributed by atoms with Crippen LogP contribution >= 0.6 is 23.2 Å². The maximum atomic E-state index is 14.4. The van der Waals surface area contributed by atoms with Crippen LogP contribution in [0, 0.1) is 17.1 Å². The Morgan fingerprint density at radius 2 is 2.23 bits per heavy atom. The predicted octanol–water partition coefficient (Wildman–Crippen LogP) is -0.550. The van der Waals surface area contributed by atoms with Gasteiger partial charge in [-0.3, -0.25) is 9.36 Å². The lowest BCUT2D eigenvalue weighted by Crippen LogP contribution is -2.43. The Morgan fingerprint density at radius 1 is 1.58 bits per heavy atom. The van der Waals surface area contributed by atoms with Crippen LogP contribution in [0.25, 0.3) is 11.0 Å². The summed E-state index contributed by atoms with van der Waals surface area (Å²) in [5.41, 5.74) is 4.44. The van der Waals surface area contributed by atoms with Crippen molar-refractivity contribution in [3.63, 3.8) is 0 Å². The van der Waals surface area contributed by atoms with Gasteiger partial charge in [-0.25, -0.2) is 4.39 Å². The van der Waals surface area contributed by atoms with Crippen molar-refractivity contribution in [3.05, 3.63) is 22.4 Å². The number of rotatable bonds is 2. The van der Waals surface area contributed by atoms with Gasteiger partial charge in [-0.2, -0.15) is 9.66 Å². The van der Waals surface area contributed by atoms with Gasteiger partial charge >= 0.3 is 0 Å². The molecule has 3 heterocycles. The number of aliphatic hydroxyl groups is 2. The maximum Gasteiger partial charge on any atom is 0.285 e. The number of nitrogen functional groups attached to an aromatic ring is 2. The van der Waals surface area contributed by atoms with Crippen molar-refractivity contribution in [2.45, 2.75) is 36.3 Å². The molecule has 0 spiro atoms. The normalized spacial score (nSPS) is 29.5. The number of ether oxygens (including phenoxy) is 1. The van der Waals surface area contributed by atoms with Gasteiger partial charge in [-0.05, 0) is 18.5 Å². The molecule has 0 aromatic carbocycles. The van der Waals surface area contributed by atoms with Crippen molar-refractivity contribution >= 4 is 40.2 Å². The van der Waals surface area contributed by atoms with Gasteiger partial charge in [-0.15, -0.1) is 0 Å². The quantitative estimate of drug-likeness (QED) is 0.298. The van der Waals surface area contributed by atoms with Crippen LogP contribution in [0.4, 0.5) is 10.3 Å². The summed E-state index contributed by atoms with van der Waals surface area (Å²) < 4.78 is 21.5. The van der Waals surface area contributed by atoms with E-state index >= 15 is 0 Å². The first-order chi connectivity index (χ1) is 12.1. The van der Waals surface area contributed by atoms with Crippen LogP contribution in [0.2, 0.25) is 0 Å². The third-order valence-electron chi connectivity index (χ3n) is 4.21. The van der Waals surface area contributed by atoms with Crippen molar-refractivity contribution in [2.75, 3.05) is 11.6 Å². The zero-order valence-corrected chi connectivity index (χ0v) is 14.7. The summed E-state index contributed by atoms with van der Waals surface area (Å²) >= 11 is 11.9. The first-order valence-electron chi connectivity index (χ1n) is 7.30. The second-order valence-corrected chi connectivity index (χ2v) is 6.67. The van der Waals surface area contributed by atoms with E-state index in [4.69, 9.17) is 39.5 Å². The lowest BCUT2D eigenvalue weighted by molar-refractivity contribution is -0.0752. The lowest BCUT2D eigenvalue weighted by Gasteiger charge is -2.25. The van der Waals surface area contributed by atoms with Crippen LogP contribution in [0.5, 0.6) is 0 Å². The Morgan fingerprint density at radius 3 is 2.81 bits per heavy atom. The van der Waals surface area contributed by atoms with Gasteiger partial charge in [-0.1, -0.05) is 17.5 Å². The van der Waals surface area contributed by atoms with Crippen LogP contribution < -0.4 is 17.1 Å². The average molecular weight is 406 g/mol. The van der Waals surface area contributed by atoms with E-state index < -0.39 is 46.2 Å². The summed E-state index contributed by atoms with van der Waals surface area (Å²) in [5, 5.41) is 21.9. The smallest absolute Gasteiger partial charge is 0.285 e. The fourth-order valence-electron chi connectivity index (χ4n) is 2.92. The molecule has 5 atom stereocenters. The highest BCUT2D eigenvalue weighted by Gasteiger charge is 2.57. The molecule has 1 unspecified atom stereocenters. The number of aromatic nitrogens is 3. The van der Waals surface area contributed by atoms with Gasteiger partial charge in [0.1, 0.15) is 17.6 Å². The second-order valence-electron chi connectivity index (χ2n) is 5.85. The number of halogens is 3. The van der Waals surface area contributed by atoms with Gasteiger partial charge in [0.05, 0.1) is 6.10 Å². The van der Waals surface area contributed by atoms with Crippen molar-refractivity contribution in [3.8, 4) is 11.3 Å². The molecule has 1 aliphatic heterocycles. The van der Waals surface area contributed by atoms with Gasteiger partial charge in [0, 0.05) is 11.6 Å². The zero-order chi connectivity index (χ0) is 19.4. The molecule has 0 bridgehead atoms. The standard InChI is InChI=1S/C14H14Cl2FN5O4/c1-5(23)8-9(24)14(16,2-3-15)12(26-8)21-4-6(17)7-10(21)20-13(18)22(19)11(7)25/h4-5,8-9,12,23-24H,19H2,1H3,(H2,18,20)/t5-,8-,9?,12-,14-/m1/s1. The molecule has 3 rings (SSSR count). The summed E-state index contributed by atoms with van der Waals surface area (Å²) in [5.74, 6) is 6.51. The monoisotopic (exact) mass is 405 g/mol. The van der Waals surface area contributed by atoms with Crippen molar-refractivity contribution < 1.29 is 19.3 Å². The largest absolute Gasteiger partial charge is 0.391 e. The van der Waals surface area contributed by atoms with Crippen molar-refractivity contribution in [1.29, 1.82) is 0 Å². The number of anilines is 1. The molecular weight excluding hydrogens is 392 g/mol. The summed E-state index contributed by atoms with van der Waals surface area (Å²) in [7, 11) is 0. The second kappa shape index (κ2) is 6.29. The fourth-order valence-corrected chi connectivity index (χ4v) is 3.45. The molecule has 1 aliphatic rings. The molecule has 1 saturated heterocycles. The fraction of sp³-hybridized carbons (Fsp3) is 0.429. The molecule has 6 N–H and O–H groups in total. The number of hydrogen-bond donors (Lipinski definition) is 4. The minimum Gasteiger partial charge on any atom is -0.391 e. The van der Waals surface area contributed by atoms with Gasteiger partial charge < -0.3 is 26.5 Å².